The van der Waals surface area contributed by atoms with Gasteiger partial charge in [0.1, 0.15) is 11.4 Å². The molecule has 1 saturated heterocycles. The van der Waals surface area contributed by atoms with Gasteiger partial charge < -0.3 is 25.7 Å². The van der Waals surface area contributed by atoms with E-state index in [1.807, 2.05) is 0 Å². The van der Waals surface area contributed by atoms with Gasteiger partial charge in [0.05, 0.1) is 18.1 Å². The molecule has 22 heavy (non-hydrogen) atoms. The van der Waals surface area contributed by atoms with Crippen molar-refractivity contribution in [2.75, 3.05) is 0 Å². The van der Waals surface area contributed by atoms with Crippen molar-refractivity contribution >= 4 is 23.5 Å². The molecule has 0 radical (unpaired) electrons. The minimum absolute atomic E-state index is 0.0369. The van der Waals surface area contributed by atoms with Crippen molar-refractivity contribution in [3.63, 3.8) is 0 Å². The van der Waals surface area contributed by atoms with Crippen molar-refractivity contribution in [3.05, 3.63) is 11.3 Å². The number of aliphatic hydroxyl groups excluding tert-OH is 1. The number of β-lactam (4-membered cyclic amide) rings is 1. The molecule has 0 aromatic carbocycles. The third kappa shape index (κ3) is 1.89. The van der Waals surface area contributed by atoms with Crippen LogP contribution < -0.4 is 5.73 Å². The zero-order valence-electron chi connectivity index (χ0n) is 11.7. The Morgan fingerprint density at radius 2 is 2.14 bits per heavy atom. The Morgan fingerprint density at radius 3 is 2.64 bits per heavy atom. The standard InChI is InChI=1S/C13H15N3O6/c1-4(17)9-7-2-5(8-3-6(11(14)18)15-22-8)10(13(20)21)16(7)12(9)19/h4,7-9,17H,2-3H2,1H3,(H2,14,18)(H,20,21)/t4-,7-,8?,9-/m1/s1. The lowest BCUT2D eigenvalue weighted by Gasteiger charge is -2.44. The number of nitrogens with two attached hydrogens (primary N) is 1. The van der Waals surface area contributed by atoms with Gasteiger partial charge in [-0.1, -0.05) is 5.16 Å². The second-order valence-corrected chi connectivity index (χ2v) is 5.63. The highest BCUT2D eigenvalue weighted by Gasteiger charge is 2.58. The number of aliphatic hydroxyl groups is 1. The number of carboxylic acid groups (broad SMARTS) is 1. The van der Waals surface area contributed by atoms with Gasteiger partial charge in [-0.05, 0) is 13.3 Å². The highest BCUT2D eigenvalue weighted by Crippen LogP contribution is 2.45. The Kier molecular flexibility index (Phi) is 3.17. The first-order chi connectivity index (χ1) is 10.3. The number of fused-ring (bicyclic) bond motifs is 1. The van der Waals surface area contributed by atoms with Crippen LogP contribution in [0.2, 0.25) is 0 Å². The number of carboxylic acids is 1. The molecule has 0 spiro atoms. The fraction of sp³-hybridized carbons (Fsp3) is 0.538. The van der Waals surface area contributed by atoms with E-state index in [0.29, 0.717) is 5.57 Å². The summed E-state index contributed by atoms with van der Waals surface area (Å²) >= 11 is 0. The summed E-state index contributed by atoms with van der Waals surface area (Å²) < 4.78 is 0. The Balaban J connectivity index is 1.87. The van der Waals surface area contributed by atoms with Crippen LogP contribution in [0.15, 0.2) is 16.4 Å². The van der Waals surface area contributed by atoms with Gasteiger partial charge in [0, 0.05) is 12.0 Å². The van der Waals surface area contributed by atoms with Gasteiger partial charge in [0.2, 0.25) is 5.91 Å². The largest absolute Gasteiger partial charge is 0.477 e. The third-order valence-corrected chi connectivity index (χ3v) is 4.31. The molecule has 9 nitrogen and oxygen atoms in total. The van der Waals surface area contributed by atoms with Crippen LogP contribution in [0.1, 0.15) is 19.8 Å². The van der Waals surface area contributed by atoms with Crippen molar-refractivity contribution in [3.8, 4) is 0 Å². The predicted molar refractivity (Wildman–Crippen MR) is 71.2 cm³/mol. The highest BCUT2D eigenvalue weighted by molar-refractivity contribution is 6.38. The summed E-state index contributed by atoms with van der Waals surface area (Å²) in [5.41, 5.74) is 5.42. The Morgan fingerprint density at radius 1 is 1.45 bits per heavy atom. The quantitative estimate of drug-likeness (QED) is 0.543. The van der Waals surface area contributed by atoms with E-state index in [0.717, 1.165) is 0 Å². The van der Waals surface area contributed by atoms with E-state index in [1.54, 1.807) is 0 Å². The number of oxime groups is 1. The van der Waals surface area contributed by atoms with E-state index in [1.165, 1.54) is 11.8 Å². The lowest BCUT2D eigenvalue weighted by molar-refractivity contribution is -0.161. The maximum absolute atomic E-state index is 12.1. The number of carbonyl (C=O) groups excluding carboxylic acids is 2. The lowest BCUT2D eigenvalue weighted by Crippen LogP contribution is -2.61. The van der Waals surface area contributed by atoms with Gasteiger partial charge in [-0.3, -0.25) is 9.59 Å². The number of hydrogen-bond donors (Lipinski definition) is 3. The van der Waals surface area contributed by atoms with E-state index in [2.05, 4.69) is 5.16 Å². The fourth-order valence-electron chi connectivity index (χ4n) is 3.30. The highest BCUT2D eigenvalue weighted by atomic mass is 16.6. The second-order valence-electron chi connectivity index (χ2n) is 5.63. The first-order valence-corrected chi connectivity index (χ1v) is 6.83. The number of hydrogen-bond acceptors (Lipinski definition) is 6. The number of primary amides is 1. The number of rotatable bonds is 4. The van der Waals surface area contributed by atoms with Crippen LogP contribution in [0.25, 0.3) is 0 Å². The van der Waals surface area contributed by atoms with Gasteiger partial charge in [-0.15, -0.1) is 0 Å². The van der Waals surface area contributed by atoms with Crippen LogP contribution in [0, 0.1) is 5.92 Å². The number of nitrogens with zero attached hydrogens (tertiary/aromatic N) is 2. The third-order valence-electron chi connectivity index (χ3n) is 4.31. The molecule has 1 fully saturated rings. The minimum atomic E-state index is -1.24. The number of carbonyl (C=O) groups is 3. The Labute approximate surface area is 125 Å². The molecule has 118 valence electrons. The van der Waals surface area contributed by atoms with Crippen LogP contribution in [0.4, 0.5) is 0 Å². The topological polar surface area (TPSA) is 143 Å². The van der Waals surface area contributed by atoms with Gasteiger partial charge in [0.25, 0.3) is 5.91 Å². The first kappa shape index (κ1) is 14.5. The molecule has 3 aliphatic rings. The molecule has 0 aromatic heterocycles. The number of amides is 2. The second kappa shape index (κ2) is 4.80. The summed E-state index contributed by atoms with van der Waals surface area (Å²) in [6, 6.07) is -0.394. The molecule has 3 rings (SSSR count). The molecule has 0 aromatic rings. The van der Waals surface area contributed by atoms with Gasteiger partial charge in [0.15, 0.2) is 6.10 Å². The van der Waals surface area contributed by atoms with Crippen LogP contribution in [0.5, 0.6) is 0 Å². The molecule has 2 amide bonds. The molecule has 0 saturated carbocycles. The van der Waals surface area contributed by atoms with Crippen molar-refractivity contribution < 1.29 is 29.4 Å². The zero-order valence-corrected chi connectivity index (χ0v) is 11.7. The molecule has 9 heteroatoms. The first-order valence-electron chi connectivity index (χ1n) is 6.83. The van der Waals surface area contributed by atoms with E-state index in [-0.39, 0.29) is 24.3 Å². The molecule has 4 N–H and O–H groups in total. The summed E-state index contributed by atoms with van der Waals surface area (Å²) in [6.45, 7) is 1.50. The van der Waals surface area contributed by atoms with Crippen molar-refractivity contribution in [2.45, 2.75) is 38.0 Å². The smallest absolute Gasteiger partial charge is 0.352 e. The molecular weight excluding hydrogens is 294 g/mol. The SMILES string of the molecule is C[C@@H](O)[C@H]1C(=O)N2C(C(=O)O)=C(C3CC(C(N)=O)=NO3)C[C@H]12. The fourth-order valence-corrected chi connectivity index (χ4v) is 3.30. The summed E-state index contributed by atoms with van der Waals surface area (Å²) in [7, 11) is 0. The van der Waals surface area contributed by atoms with Crippen molar-refractivity contribution in [1.82, 2.24) is 4.90 Å². The molecule has 0 aliphatic carbocycles. The molecule has 3 heterocycles. The van der Waals surface area contributed by atoms with Crippen LogP contribution in [-0.2, 0) is 19.2 Å². The van der Waals surface area contributed by atoms with Gasteiger partial charge in [-0.2, -0.15) is 0 Å². The molecule has 1 unspecified atom stereocenters. The Bertz CT molecular complexity index is 638. The molecule has 3 aliphatic heterocycles. The van der Waals surface area contributed by atoms with E-state index >= 15 is 0 Å². The van der Waals surface area contributed by atoms with Crippen LogP contribution >= 0.6 is 0 Å². The average molecular weight is 309 g/mol. The summed E-state index contributed by atoms with van der Waals surface area (Å²) in [6.07, 6.45) is -1.23. The maximum atomic E-state index is 12.1. The maximum Gasteiger partial charge on any atom is 0.352 e. The summed E-state index contributed by atoms with van der Waals surface area (Å²) in [4.78, 5) is 40.9. The molecule has 4 atom stereocenters. The van der Waals surface area contributed by atoms with E-state index < -0.39 is 42.0 Å². The number of aliphatic carboxylic acids is 1. The average Bonchev–Trinajstić information content (AvgIpc) is 2.99. The van der Waals surface area contributed by atoms with Crippen LogP contribution in [0.3, 0.4) is 0 Å². The predicted octanol–water partition coefficient (Wildman–Crippen LogP) is -1.43. The summed E-state index contributed by atoms with van der Waals surface area (Å²) in [5, 5.41) is 22.6. The normalized spacial score (nSPS) is 31.4. The van der Waals surface area contributed by atoms with E-state index in [4.69, 9.17) is 10.6 Å². The monoisotopic (exact) mass is 309 g/mol. The van der Waals surface area contributed by atoms with Crippen molar-refractivity contribution in [2.24, 2.45) is 16.8 Å². The lowest BCUT2D eigenvalue weighted by atomic mass is 9.82. The zero-order chi connectivity index (χ0) is 16.2. The molecule has 0 bridgehead atoms. The Hall–Kier alpha value is -2.42. The van der Waals surface area contributed by atoms with Crippen molar-refractivity contribution in [1.29, 1.82) is 0 Å². The van der Waals surface area contributed by atoms with E-state index in [9.17, 15) is 24.6 Å². The van der Waals surface area contributed by atoms with Gasteiger partial charge in [-0.25, -0.2) is 4.79 Å². The van der Waals surface area contributed by atoms with Gasteiger partial charge >= 0.3 is 5.97 Å². The van der Waals surface area contributed by atoms with Crippen LogP contribution in [-0.4, -0.2) is 56.9 Å². The minimum Gasteiger partial charge on any atom is -0.477 e. The molecular formula is C13H15N3O6. The summed E-state index contributed by atoms with van der Waals surface area (Å²) in [5.74, 6) is -3.00.